The van der Waals surface area contributed by atoms with Crippen LogP contribution >= 0.6 is 11.8 Å². The summed E-state index contributed by atoms with van der Waals surface area (Å²) in [6.45, 7) is 2.02. The predicted octanol–water partition coefficient (Wildman–Crippen LogP) is 5.66. The second-order valence-electron chi connectivity index (χ2n) is 8.32. The highest BCUT2D eigenvalue weighted by Gasteiger charge is 2.34. The molecule has 2 atom stereocenters. The number of hydrogen-bond acceptors (Lipinski definition) is 4. The summed E-state index contributed by atoms with van der Waals surface area (Å²) in [5.74, 6) is 0.362. The summed E-state index contributed by atoms with van der Waals surface area (Å²) in [5.41, 5.74) is 4.80. The number of rotatable bonds is 7. The van der Waals surface area contributed by atoms with E-state index in [4.69, 9.17) is 0 Å². The fraction of sp³-hybridized carbons (Fsp3) is 0.259. The normalized spacial score (nSPS) is 16.5. The summed E-state index contributed by atoms with van der Waals surface area (Å²) < 4.78 is 0. The molecule has 0 radical (unpaired) electrons. The van der Waals surface area contributed by atoms with Crippen molar-refractivity contribution in [2.24, 2.45) is 0 Å². The molecule has 3 aromatic rings. The minimum Gasteiger partial charge on any atom is -0.378 e. The van der Waals surface area contributed by atoms with Crippen molar-refractivity contribution in [1.29, 1.82) is 0 Å². The Balaban J connectivity index is 1.49. The van der Waals surface area contributed by atoms with Crippen molar-refractivity contribution in [3.8, 4) is 0 Å². The van der Waals surface area contributed by atoms with Crippen molar-refractivity contribution in [2.45, 2.75) is 24.6 Å². The Bertz CT molecular complexity index is 1100. The molecule has 170 valence electrons. The first-order valence-corrected chi connectivity index (χ1v) is 12.2. The van der Waals surface area contributed by atoms with Gasteiger partial charge in [-0.3, -0.25) is 14.5 Å². The lowest BCUT2D eigenvalue weighted by Gasteiger charge is -2.25. The zero-order valence-electron chi connectivity index (χ0n) is 19.2. The van der Waals surface area contributed by atoms with E-state index >= 15 is 0 Å². The third kappa shape index (κ3) is 5.06. The Kier molecular flexibility index (Phi) is 7.04. The first kappa shape index (κ1) is 22.9. The molecule has 0 aromatic heterocycles. The number of carbonyl (C=O) groups excluding carboxylic acids is 2. The van der Waals surface area contributed by atoms with Crippen molar-refractivity contribution < 1.29 is 9.59 Å². The third-order valence-electron chi connectivity index (χ3n) is 5.90. The number of benzene rings is 3. The van der Waals surface area contributed by atoms with Crippen LogP contribution in [0.2, 0.25) is 0 Å². The van der Waals surface area contributed by atoms with Crippen molar-refractivity contribution >= 4 is 40.6 Å². The van der Waals surface area contributed by atoms with E-state index in [1.54, 1.807) is 11.8 Å². The molecule has 0 saturated carbocycles. The number of hydrogen-bond donors (Lipinski definition) is 1. The Morgan fingerprint density at radius 1 is 1.03 bits per heavy atom. The highest BCUT2D eigenvalue weighted by Crippen LogP contribution is 2.42. The van der Waals surface area contributed by atoms with Crippen molar-refractivity contribution in [1.82, 2.24) is 0 Å². The van der Waals surface area contributed by atoms with Crippen LogP contribution in [0.1, 0.15) is 35.8 Å². The van der Waals surface area contributed by atoms with E-state index in [1.165, 1.54) is 0 Å². The summed E-state index contributed by atoms with van der Waals surface area (Å²) in [5, 5.41) is 2.96. The van der Waals surface area contributed by atoms with Crippen LogP contribution in [-0.4, -0.2) is 31.7 Å². The van der Waals surface area contributed by atoms with Crippen LogP contribution in [0, 0.1) is 0 Å². The molecule has 3 aromatic carbocycles. The van der Waals surface area contributed by atoms with Crippen LogP contribution in [0.4, 0.5) is 17.1 Å². The second kappa shape index (κ2) is 10.1. The van der Waals surface area contributed by atoms with E-state index < -0.39 is 0 Å². The standard InChI is InChI=1S/C27H29N3O2S/c1-4-24(19-8-6-5-7-9-19)26(32)28-21-12-10-20(11-13-21)27-30(25(31)18-33-27)23-16-14-22(15-17-23)29(2)3/h5-17,24,27H,4,18H2,1-3H3,(H,28,32)/t24-,27-/m0/s1. The number of nitrogens with one attached hydrogen (secondary N) is 1. The SMILES string of the molecule is CC[C@H](C(=O)Nc1ccc([C@@H]2SCC(=O)N2c2ccc(N(C)C)cc2)cc1)c1ccccc1. The van der Waals surface area contributed by atoms with Gasteiger partial charge >= 0.3 is 0 Å². The maximum Gasteiger partial charge on any atom is 0.238 e. The van der Waals surface area contributed by atoms with Gasteiger partial charge in [-0.1, -0.05) is 49.4 Å². The van der Waals surface area contributed by atoms with E-state index in [-0.39, 0.29) is 23.1 Å². The predicted molar refractivity (Wildman–Crippen MR) is 138 cm³/mol. The smallest absolute Gasteiger partial charge is 0.238 e. The molecule has 0 unspecified atom stereocenters. The molecule has 1 N–H and O–H groups in total. The maximum absolute atomic E-state index is 12.9. The Hall–Kier alpha value is -3.25. The molecule has 1 aliphatic heterocycles. The molecule has 0 bridgehead atoms. The number of carbonyl (C=O) groups is 2. The highest BCUT2D eigenvalue weighted by molar-refractivity contribution is 8.00. The van der Waals surface area contributed by atoms with Gasteiger partial charge in [0.25, 0.3) is 0 Å². The maximum atomic E-state index is 12.9. The fourth-order valence-corrected chi connectivity index (χ4v) is 5.26. The Morgan fingerprint density at radius 3 is 2.30 bits per heavy atom. The fourth-order valence-electron chi connectivity index (χ4n) is 4.08. The van der Waals surface area contributed by atoms with Gasteiger partial charge in [-0.05, 0) is 53.9 Å². The number of nitrogens with zero attached hydrogens (tertiary/aromatic N) is 2. The molecular formula is C27H29N3O2S. The molecule has 2 amide bonds. The summed E-state index contributed by atoms with van der Waals surface area (Å²) in [6, 6.07) is 25.7. The molecule has 5 nitrogen and oxygen atoms in total. The molecule has 1 saturated heterocycles. The summed E-state index contributed by atoms with van der Waals surface area (Å²) in [4.78, 5) is 29.4. The van der Waals surface area contributed by atoms with Crippen LogP contribution in [0.5, 0.6) is 0 Å². The zero-order valence-corrected chi connectivity index (χ0v) is 20.0. The average molecular weight is 460 g/mol. The molecule has 4 rings (SSSR count). The first-order valence-electron chi connectivity index (χ1n) is 11.1. The van der Waals surface area contributed by atoms with E-state index in [0.717, 1.165) is 34.6 Å². The van der Waals surface area contributed by atoms with Gasteiger partial charge in [0.1, 0.15) is 5.37 Å². The quantitative estimate of drug-likeness (QED) is 0.495. The van der Waals surface area contributed by atoms with Gasteiger partial charge in [0.15, 0.2) is 0 Å². The van der Waals surface area contributed by atoms with Gasteiger partial charge in [-0.25, -0.2) is 0 Å². The van der Waals surface area contributed by atoms with Gasteiger partial charge in [0, 0.05) is 31.2 Å². The van der Waals surface area contributed by atoms with Crippen molar-refractivity contribution in [3.63, 3.8) is 0 Å². The van der Waals surface area contributed by atoms with Crippen LogP contribution in [0.15, 0.2) is 78.9 Å². The van der Waals surface area contributed by atoms with E-state index in [2.05, 4.69) is 5.32 Å². The largest absolute Gasteiger partial charge is 0.378 e. The highest BCUT2D eigenvalue weighted by atomic mass is 32.2. The number of thioether (sulfide) groups is 1. The third-order valence-corrected chi connectivity index (χ3v) is 7.11. The second-order valence-corrected chi connectivity index (χ2v) is 9.39. The lowest BCUT2D eigenvalue weighted by Crippen LogP contribution is -2.27. The summed E-state index contributed by atoms with van der Waals surface area (Å²) in [6.07, 6.45) is 0.732. The van der Waals surface area contributed by atoms with Gasteiger partial charge in [0.2, 0.25) is 11.8 Å². The number of anilines is 3. The van der Waals surface area contributed by atoms with Crippen LogP contribution < -0.4 is 15.1 Å². The van der Waals surface area contributed by atoms with Crippen LogP contribution in [0.3, 0.4) is 0 Å². The molecule has 0 spiro atoms. The molecule has 33 heavy (non-hydrogen) atoms. The van der Waals surface area contributed by atoms with Gasteiger partial charge in [-0.2, -0.15) is 0 Å². The minimum absolute atomic E-state index is 0.00974. The van der Waals surface area contributed by atoms with Crippen molar-refractivity contribution in [2.75, 3.05) is 35.0 Å². The first-order chi connectivity index (χ1) is 16.0. The lowest BCUT2D eigenvalue weighted by atomic mass is 9.95. The van der Waals surface area contributed by atoms with Crippen LogP contribution in [-0.2, 0) is 9.59 Å². The van der Waals surface area contributed by atoms with Gasteiger partial charge in [0.05, 0.1) is 11.7 Å². The molecule has 1 heterocycles. The van der Waals surface area contributed by atoms with E-state index in [0.29, 0.717) is 5.75 Å². The van der Waals surface area contributed by atoms with E-state index in [9.17, 15) is 9.59 Å². The topological polar surface area (TPSA) is 52.7 Å². The zero-order chi connectivity index (χ0) is 23.4. The molecule has 6 heteroatoms. The number of amides is 2. The monoisotopic (exact) mass is 459 g/mol. The summed E-state index contributed by atoms with van der Waals surface area (Å²) in [7, 11) is 4.00. The molecule has 0 aliphatic carbocycles. The summed E-state index contributed by atoms with van der Waals surface area (Å²) >= 11 is 1.62. The average Bonchev–Trinajstić information content (AvgIpc) is 3.22. The van der Waals surface area contributed by atoms with E-state index in [1.807, 2.05) is 110 Å². The Labute approximate surface area is 199 Å². The molecule has 1 fully saturated rings. The minimum atomic E-state index is -0.186. The van der Waals surface area contributed by atoms with Gasteiger partial charge in [-0.15, -0.1) is 11.8 Å². The molecule has 1 aliphatic rings. The molecular weight excluding hydrogens is 430 g/mol. The Morgan fingerprint density at radius 2 is 1.70 bits per heavy atom. The lowest BCUT2D eigenvalue weighted by molar-refractivity contribution is -0.118. The van der Waals surface area contributed by atoms with Crippen LogP contribution in [0.25, 0.3) is 0 Å². The van der Waals surface area contributed by atoms with Crippen molar-refractivity contribution in [3.05, 3.63) is 90.0 Å². The van der Waals surface area contributed by atoms with Gasteiger partial charge < -0.3 is 10.2 Å².